The Hall–Kier alpha value is -1.82. The van der Waals surface area contributed by atoms with Gasteiger partial charge in [0.2, 0.25) is 0 Å². The van der Waals surface area contributed by atoms with Gasteiger partial charge in [0.1, 0.15) is 5.75 Å². The summed E-state index contributed by atoms with van der Waals surface area (Å²) in [4.78, 5) is 12.0. The van der Waals surface area contributed by atoms with Crippen LogP contribution in [0.5, 0.6) is 5.75 Å². The Morgan fingerprint density at radius 3 is 2.85 bits per heavy atom. The number of amides is 1. The number of nitrogens with zero attached hydrogens (tertiary/aromatic N) is 2. The Morgan fingerprint density at radius 1 is 1.45 bits per heavy atom. The van der Waals surface area contributed by atoms with E-state index < -0.39 is 0 Å². The second-order valence-corrected chi connectivity index (χ2v) is 5.19. The molecule has 0 saturated carbocycles. The van der Waals surface area contributed by atoms with Crippen LogP contribution in [0.3, 0.4) is 0 Å². The number of aryl methyl sites for hydroxylation is 1. The summed E-state index contributed by atoms with van der Waals surface area (Å²) in [6, 6.07) is 7.18. The first-order valence-corrected chi connectivity index (χ1v) is 6.99. The third-order valence-corrected chi connectivity index (χ3v) is 3.47. The highest BCUT2D eigenvalue weighted by Gasteiger charge is 2.08. The van der Waals surface area contributed by atoms with Crippen molar-refractivity contribution in [3.8, 4) is 5.75 Å². The summed E-state index contributed by atoms with van der Waals surface area (Å²) in [6.45, 7) is 0.555. The van der Waals surface area contributed by atoms with Crippen LogP contribution in [0.4, 0.5) is 0 Å². The summed E-state index contributed by atoms with van der Waals surface area (Å²) < 4.78 is 7.64. The van der Waals surface area contributed by atoms with Gasteiger partial charge in [-0.3, -0.25) is 9.48 Å². The van der Waals surface area contributed by atoms with Gasteiger partial charge in [-0.25, -0.2) is 0 Å². The summed E-state index contributed by atoms with van der Waals surface area (Å²) in [6.07, 6.45) is 2.60. The van der Waals surface area contributed by atoms with E-state index in [1.165, 1.54) is 0 Å². The minimum absolute atomic E-state index is 0.107. The summed E-state index contributed by atoms with van der Waals surface area (Å²) in [5, 5.41) is 7.13. The summed E-state index contributed by atoms with van der Waals surface area (Å²) in [7, 11) is 3.46. The Balaban J connectivity index is 1.90. The van der Waals surface area contributed by atoms with Crippen LogP contribution in [0.2, 0.25) is 0 Å². The summed E-state index contributed by atoms with van der Waals surface area (Å²) in [5.41, 5.74) is 1.56. The number of aromatic nitrogens is 2. The molecule has 0 saturated heterocycles. The van der Waals surface area contributed by atoms with Gasteiger partial charge in [-0.1, -0.05) is 0 Å². The predicted octanol–water partition coefficient (Wildman–Crippen LogP) is 2.16. The molecule has 0 spiro atoms. The molecule has 1 aromatic heterocycles. The van der Waals surface area contributed by atoms with Gasteiger partial charge in [0, 0.05) is 31.8 Å². The molecule has 0 radical (unpaired) electrons. The minimum Gasteiger partial charge on any atom is -0.496 e. The van der Waals surface area contributed by atoms with Crippen LogP contribution in [-0.4, -0.2) is 29.3 Å². The molecule has 1 aromatic carbocycles. The number of rotatable bonds is 5. The fraction of sp³-hybridized carbons (Fsp3) is 0.286. The maximum atomic E-state index is 12.0. The number of carbonyl (C=O) groups excluding carboxylic acids is 1. The van der Waals surface area contributed by atoms with Crippen LogP contribution in [0, 0.1) is 0 Å². The van der Waals surface area contributed by atoms with E-state index in [9.17, 15) is 4.79 Å². The van der Waals surface area contributed by atoms with Gasteiger partial charge in [0.05, 0.1) is 17.3 Å². The molecule has 2 aromatic rings. The zero-order valence-corrected chi connectivity index (χ0v) is 13.0. The van der Waals surface area contributed by atoms with E-state index >= 15 is 0 Å². The molecule has 0 unspecified atom stereocenters. The molecule has 106 valence electrons. The van der Waals surface area contributed by atoms with Gasteiger partial charge in [-0.15, -0.1) is 0 Å². The number of nitrogens with one attached hydrogen (secondary N) is 1. The van der Waals surface area contributed by atoms with Crippen LogP contribution in [0.1, 0.15) is 16.1 Å². The molecule has 5 nitrogen and oxygen atoms in total. The fourth-order valence-corrected chi connectivity index (χ4v) is 2.35. The molecule has 20 heavy (non-hydrogen) atoms. The van der Waals surface area contributed by atoms with Gasteiger partial charge in [-0.2, -0.15) is 5.10 Å². The Morgan fingerprint density at radius 2 is 2.25 bits per heavy atom. The van der Waals surface area contributed by atoms with E-state index in [2.05, 4.69) is 26.3 Å². The van der Waals surface area contributed by atoms with Gasteiger partial charge in [-0.05, 0) is 40.2 Å². The fourth-order valence-electron chi connectivity index (χ4n) is 1.81. The van der Waals surface area contributed by atoms with Crippen LogP contribution in [0.25, 0.3) is 0 Å². The summed E-state index contributed by atoms with van der Waals surface area (Å²) >= 11 is 3.37. The number of hydrogen-bond acceptors (Lipinski definition) is 3. The van der Waals surface area contributed by atoms with Crippen molar-refractivity contribution in [2.24, 2.45) is 7.05 Å². The van der Waals surface area contributed by atoms with Crippen molar-refractivity contribution in [3.63, 3.8) is 0 Å². The molecule has 0 atom stereocenters. The van der Waals surface area contributed by atoms with Crippen LogP contribution in [-0.2, 0) is 13.5 Å². The number of benzene rings is 1. The van der Waals surface area contributed by atoms with Gasteiger partial charge < -0.3 is 10.1 Å². The lowest BCUT2D eigenvalue weighted by atomic mass is 10.2. The third kappa shape index (κ3) is 3.60. The Labute approximate surface area is 126 Å². The van der Waals surface area contributed by atoms with E-state index in [1.807, 2.05) is 19.3 Å². The lowest BCUT2D eigenvalue weighted by Gasteiger charge is -2.07. The summed E-state index contributed by atoms with van der Waals surface area (Å²) in [5.74, 6) is 0.597. The van der Waals surface area contributed by atoms with Crippen molar-refractivity contribution >= 4 is 21.8 Å². The smallest absolute Gasteiger partial charge is 0.251 e. The van der Waals surface area contributed by atoms with Crippen LogP contribution >= 0.6 is 15.9 Å². The van der Waals surface area contributed by atoms with Crippen LogP contribution in [0.15, 0.2) is 34.9 Å². The van der Waals surface area contributed by atoms with Crippen molar-refractivity contribution in [1.29, 1.82) is 0 Å². The Kier molecular flexibility index (Phi) is 4.79. The molecular formula is C14H16BrN3O2. The molecule has 6 heteroatoms. The predicted molar refractivity (Wildman–Crippen MR) is 79.9 cm³/mol. The highest BCUT2D eigenvalue weighted by molar-refractivity contribution is 9.10. The average Bonchev–Trinajstić information content (AvgIpc) is 2.84. The first kappa shape index (κ1) is 14.6. The standard InChI is InChI=1S/C14H16BrN3O2/c1-18-8-6-11(17-18)5-7-16-14(19)10-3-4-13(20-2)12(15)9-10/h3-4,6,8-9H,5,7H2,1-2H3,(H,16,19). The minimum atomic E-state index is -0.107. The second-order valence-electron chi connectivity index (χ2n) is 4.34. The third-order valence-electron chi connectivity index (χ3n) is 2.85. The van der Waals surface area contributed by atoms with Gasteiger partial charge in [0.25, 0.3) is 5.91 Å². The highest BCUT2D eigenvalue weighted by atomic mass is 79.9. The van der Waals surface area contributed by atoms with E-state index in [-0.39, 0.29) is 5.91 Å². The lowest BCUT2D eigenvalue weighted by molar-refractivity contribution is 0.0954. The largest absolute Gasteiger partial charge is 0.496 e. The zero-order chi connectivity index (χ0) is 14.5. The lowest BCUT2D eigenvalue weighted by Crippen LogP contribution is -2.25. The molecule has 2 rings (SSSR count). The Bertz CT molecular complexity index is 610. The quantitative estimate of drug-likeness (QED) is 0.909. The number of ether oxygens (including phenoxy) is 1. The molecule has 1 heterocycles. The average molecular weight is 338 g/mol. The van der Waals surface area contributed by atoms with E-state index in [0.717, 1.165) is 10.2 Å². The van der Waals surface area contributed by atoms with Crippen molar-refractivity contribution in [1.82, 2.24) is 15.1 Å². The number of carbonyl (C=O) groups is 1. The van der Waals surface area contributed by atoms with E-state index in [0.29, 0.717) is 24.3 Å². The van der Waals surface area contributed by atoms with Crippen molar-refractivity contribution in [2.45, 2.75) is 6.42 Å². The molecule has 0 bridgehead atoms. The topological polar surface area (TPSA) is 56.1 Å². The highest BCUT2D eigenvalue weighted by Crippen LogP contribution is 2.25. The molecule has 0 aliphatic carbocycles. The number of halogens is 1. The number of methoxy groups -OCH3 is 1. The molecule has 1 amide bonds. The molecule has 0 aliphatic heterocycles. The molecule has 0 fully saturated rings. The van der Waals surface area contributed by atoms with Crippen molar-refractivity contribution < 1.29 is 9.53 Å². The SMILES string of the molecule is COc1ccc(C(=O)NCCc2ccn(C)n2)cc1Br. The maximum absolute atomic E-state index is 12.0. The molecule has 0 aliphatic rings. The van der Waals surface area contributed by atoms with Crippen molar-refractivity contribution in [2.75, 3.05) is 13.7 Å². The first-order valence-electron chi connectivity index (χ1n) is 6.20. The van der Waals surface area contributed by atoms with Crippen molar-refractivity contribution in [3.05, 3.63) is 46.2 Å². The first-order chi connectivity index (χ1) is 9.60. The monoisotopic (exact) mass is 337 g/mol. The zero-order valence-electron chi connectivity index (χ0n) is 11.4. The van der Waals surface area contributed by atoms with E-state index in [4.69, 9.17) is 4.74 Å². The second kappa shape index (κ2) is 6.56. The maximum Gasteiger partial charge on any atom is 0.251 e. The molecule has 1 N–H and O–H groups in total. The van der Waals surface area contributed by atoms with Gasteiger partial charge in [0.15, 0.2) is 0 Å². The van der Waals surface area contributed by atoms with Gasteiger partial charge >= 0.3 is 0 Å². The van der Waals surface area contributed by atoms with E-state index in [1.54, 1.807) is 30.0 Å². The normalized spacial score (nSPS) is 10.3. The number of hydrogen-bond donors (Lipinski definition) is 1. The van der Waals surface area contributed by atoms with Crippen LogP contribution < -0.4 is 10.1 Å². The molecular weight excluding hydrogens is 322 g/mol.